The van der Waals surface area contributed by atoms with Crippen molar-refractivity contribution in [3.63, 3.8) is 0 Å². The third kappa shape index (κ3) is 21.0. The Balaban J connectivity index is 1.08. The summed E-state index contributed by atoms with van der Waals surface area (Å²) in [4.78, 5) is 48.7. The summed E-state index contributed by atoms with van der Waals surface area (Å²) >= 11 is 1.66. The third-order valence-electron chi connectivity index (χ3n) is 18.6. The van der Waals surface area contributed by atoms with E-state index in [-0.39, 0.29) is 62.3 Å². The molecule has 103 heavy (non-hydrogen) atoms. The van der Waals surface area contributed by atoms with E-state index in [1.54, 1.807) is 0 Å². The first-order chi connectivity index (χ1) is 49.0. The molecule has 0 aromatic carbocycles. The number of Topliss-reactive ketones (excluding diaryl/α,β-unsaturated/α-hetero) is 2. The fourth-order valence-corrected chi connectivity index (χ4v) is 15.0. The Hall–Kier alpha value is -2.46. The molecule has 0 aromatic rings. The van der Waals surface area contributed by atoms with Crippen LogP contribution in [0.5, 0.6) is 0 Å². The quantitative estimate of drug-likeness (QED) is 0.0340. The third-order valence-corrected chi connectivity index (χ3v) is 20.9. The number of nitrogens with one attached hydrogen (secondary N) is 1. The van der Waals surface area contributed by atoms with Crippen molar-refractivity contribution in [1.82, 2.24) is 5.32 Å². The number of aliphatic hydroxyl groups is 19. The zero-order valence-corrected chi connectivity index (χ0v) is 57.2. The Morgan fingerprint density at radius 2 is 0.602 bits per heavy atom. The molecule has 0 amide bonds. The van der Waals surface area contributed by atoms with Gasteiger partial charge in [-0.25, -0.2) is 0 Å². The number of ether oxygens (including phenoxy) is 16. The number of carbonyl (C=O) groups is 4. The fourth-order valence-electron chi connectivity index (χ4n) is 12.6. The average molecular weight is 1540 g/mol. The fraction of sp³-hybridized carbons (Fsp3) is 0.932. The zero-order chi connectivity index (χ0) is 75.4. The van der Waals surface area contributed by atoms with Gasteiger partial charge in [0.1, 0.15) is 176 Å². The van der Waals surface area contributed by atoms with Crippen LogP contribution >= 0.6 is 23.5 Å². The predicted molar refractivity (Wildman–Crippen MR) is 332 cm³/mol. The summed E-state index contributed by atoms with van der Waals surface area (Å²) in [6.45, 7) is -3.91. The van der Waals surface area contributed by atoms with Crippen molar-refractivity contribution in [2.75, 3.05) is 89.5 Å². The molecule has 21 rings (SSSR count). The van der Waals surface area contributed by atoms with E-state index in [0.717, 1.165) is 23.5 Å². The summed E-state index contributed by atoms with van der Waals surface area (Å²) < 4.78 is 93.3. The van der Waals surface area contributed by atoms with Crippen LogP contribution in [-0.2, 0) is 95.0 Å². The van der Waals surface area contributed by atoms with Gasteiger partial charge in [-0.05, 0) is 14.0 Å². The van der Waals surface area contributed by atoms with Gasteiger partial charge in [-0.15, -0.1) is 0 Å². The van der Waals surface area contributed by atoms with Crippen molar-refractivity contribution < 1.29 is 202 Å². The van der Waals surface area contributed by atoms with Crippen molar-refractivity contribution in [3.05, 3.63) is 0 Å². The monoisotopic (exact) mass is 1540 g/mol. The lowest BCUT2D eigenvalue weighted by Gasteiger charge is -2.50. The molecule has 0 aliphatic carbocycles. The molecule has 37 atom stereocenters. The number of carbonyl (C=O) groups excluding carboxylic acids is 2. The molecule has 14 unspecified atom stereocenters. The maximum absolute atomic E-state index is 13.0. The number of hydrogen-bond acceptors (Lipinski definition) is 42. The van der Waals surface area contributed by atoms with Crippen LogP contribution < -0.4 is 5.32 Å². The topological polar surface area (TPSA) is 653 Å². The Bertz CT molecular complexity index is 2610. The summed E-state index contributed by atoms with van der Waals surface area (Å²) in [5.74, 6) is -6.08. The van der Waals surface area contributed by atoms with Gasteiger partial charge in [0.2, 0.25) is 0 Å². The Morgan fingerprint density at radius 1 is 0.350 bits per heavy atom. The molecule has 14 bridgehead atoms. The molecule has 21 fully saturated rings. The second-order valence-electron chi connectivity index (χ2n) is 25.7. The SMILES string of the molecule is CN[C@H](CSCC1O[C@H]2O[C@@H]3C(CO)O[C@H](O[C@@H]4C(CO)O[C@H](O[C@@H]5C(CO)O[C@H](O[C@@H]6C(CSC[C@@H](CC(=O)CCOCCOCCC(C)=O)C(=O)O)O[C@H](O[C@@H]7C(CO)O[C@@H](O[C@@H]8C(CO)O[C@@H](O[C@H]1[C@H](O)C2O)C(O)[C@H]8O)C(O)[C@H]7O)C(O)[C@H]6O)C(O)[C@H]5O)C(O)[C@H]4O)C(O)[C@H]3O)C(=O)O. The van der Waals surface area contributed by atoms with Gasteiger partial charge in [0.25, 0.3) is 0 Å². The molecule has 596 valence electrons. The van der Waals surface area contributed by atoms with Crippen LogP contribution in [0.1, 0.15) is 26.2 Å². The normalized spacial score (nSPS) is 44.9. The number of hydrogen-bond donors (Lipinski definition) is 22. The van der Waals surface area contributed by atoms with Crippen molar-refractivity contribution in [2.45, 2.75) is 247 Å². The smallest absolute Gasteiger partial charge is 0.321 e. The molecular formula is C59H97NO41S2. The molecule has 42 nitrogen and oxygen atoms in total. The van der Waals surface area contributed by atoms with E-state index in [9.17, 15) is 126 Å². The van der Waals surface area contributed by atoms with Crippen LogP contribution in [0.15, 0.2) is 0 Å². The van der Waals surface area contributed by atoms with Crippen molar-refractivity contribution in [2.24, 2.45) is 5.92 Å². The van der Waals surface area contributed by atoms with Crippen LogP contribution in [0.25, 0.3) is 0 Å². The molecule has 44 heteroatoms. The van der Waals surface area contributed by atoms with Gasteiger partial charge in [0.05, 0.1) is 77.6 Å². The minimum atomic E-state index is -2.31. The first-order valence-electron chi connectivity index (χ1n) is 33.2. The molecule has 0 aromatic heterocycles. The van der Waals surface area contributed by atoms with E-state index in [4.69, 9.17) is 75.8 Å². The molecule has 0 radical (unpaired) electrons. The number of aliphatic carboxylic acids is 2. The van der Waals surface area contributed by atoms with Crippen LogP contribution in [0.3, 0.4) is 0 Å². The predicted octanol–water partition coefficient (Wildman–Crippen LogP) is -13.0. The van der Waals surface area contributed by atoms with Crippen molar-refractivity contribution in [3.8, 4) is 0 Å². The second-order valence-corrected chi connectivity index (χ2v) is 27.9. The number of rotatable bonds is 27. The highest BCUT2D eigenvalue weighted by molar-refractivity contribution is 7.99. The molecule has 21 aliphatic rings. The van der Waals surface area contributed by atoms with Gasteiger partial charge in [0.15, 0.2) is 44.0 Å². The van der Waals surface area contributed by atoms with Crippen LogP contribution in [0, 0.1) is 5.92 Å². The lowest BCUT2D eigenvalue weighted by molar-refractivity contribution is -0.395. The Morgan fingerprint density at radius 3 is 0.845 bits per heavy atom. The average Bonchev–Trinajstić information content (AvgIpc) is 0.785. The Kier molecular flexibility index (Phi) is 33.4. The zero-order valence-electron chi connectivity index (χ0n) is 55.5. The molecule has 21 heterocycles. The summed E-state index contributed by atoms with van der Waals surface area (Å²) in [5, 5.41) is 239. The number of thioether (sulfide) groups is 2. The molecule has 22 N–H and O–H groups in total. The standard InChI is InChI=1S/C59H97NO41S2/c1-19(66)3-5-86-7-8-87-6-4-21(67)9-20(51(82)83)15-102-17-28-49-35(73)42(80)58(93-28)98-47-26(13-64)89-55(38(76)31(47)69)97-46-25(12-63)92-57(41(79)34(46)72)101-50-29(18-103-16-22(60-2)52(84)85)94-59(43(81)36(50)74)99-48-27(14-65)90-54(39(77)32(48)70)95-44-23(10-61)88-53(37(75)30(44)68)96-45-24(11-62)91-56(100-49)40(78)33(45)71/h20,22-50,53-65,68-81H,3-18H2,1-2H3,(H,82,83)(H,84,85)/t20-,22-,23?,24?,25?,26?,27?,28?,29?,30-,31-,32-,33-,34-,35-,36-,37?,38?,39?,40?,41?,42?,43?,44-,45-,46-,47-,48-,49-,50-,53-,54-,55+,56-,57+,58-,59+/m1/s1. The van der Waals surface area contributed by atoms with Crippen LogP contribution in [0.4, 0.5) is 0 Å². The van der Waals surface area contributed by atoms with E-state index in [0.29, 0.717) is 0 Å². The summed E-state index contributed by atoms with van der Waals surface area (Å²) in [6, 6.07) is -1.18. The highest BCUT2D eigenvalue weighted by Gasteiger charge is 2.60. The van der Waals surface area contributed by atoms with E-state index in [1.165, 1.54) is 14.0 Å². The maximum atomic E-state index is 13.0. The summed E-state index contributed by atoms with van der Waals surface area (Å²) in [6.07, 6.45) is -73.1. The van der Waals surface area contributed by atoms with Crippen molar-refractivity contribution in [1.29, 1.82) is 0 Å². The van der Waals surface area contributed by atoms with Gasteiger partial charge in [0, 0.05) is 42.3 Å². The highest BCUT2D eigenvalue weighted by atomic mass is 32.2. The van der Waals surface area contributed by atoms with E-state index in [2.05, 4.69) is 5.32 Å². The number of likely N-dealkylation sites (N-methyl/N-ethyl adjacent to an activating group) is 1. The first-order valence-corrected chi connectivity index (χ1v) is 35.5. The lowest BCUT2D eigenvalue weighted by Crippen LogP contribution is -2.68. The minimum Gasteiger partial charge on any atom is -0.481 e. The second kappa shape index (κ2) is 40.0. The molecule has 21 aliphatic heterocycles. The molecule has 0 saturated carbocycles. The molecule has 21 saturated heterocycles. The number of aliphatic hydroxyl groups excluding tert-OH is 19. The number of carboxylic acids is 2. The summed E-state index contributed by atoms with van der Waals surface area (Å²) in [7, 11) is 1.35. The van der Waals surface area contributed by atoms with Gasteiger partial charge in [-0.2, -0.15) is 23.5 Å². The van der Waals surface area contributed by atoms with Crippen LogP contribution in [0.2, 0.25) is 0 Å². The lowest BCUT2D eigenvalue weighted by atomic mass is 9.95. The van der Waals surface area contributed by atoms with E-state index >= 15 is 0 Å². The van der Waals surface area contributed by atoms with Crippen LogP contribution in [-0.4, -0.2) is 441 Å². The summed E-state index contributed by atoms with van der Waals surface area (Å²) in [5.41, 5.74) is 0. The first kappa shape index (κ1) is 86.1. The Labute approximate surface area is 595 Å². The van der Waals surface area contributed by atoms with Gasteiger partial charge < -0.3 is 188 Å². The number of ketones is 2. The number of carboxylic acid groups (broad SMARTS) is 2. The van der Waals surface area contributed by atoms with Gasteiger partial charge in [-0.1, -0.05) is 0 Å². The minimum absolute atomic E-state index is 0.0645. The van der Waals surface area contributed by atoms with Gasteiger partial charge in [-0.3, -0.25) is 19.2 Å². The van der Waals surface area contributed by atoms with E-state index < -0.39 is 290 Å². The van der Waals surface area contributed by atoms with E-state index in [1.807, 2.05) is 0 Å². The molecule has 0 spiro atoms. The maximum Gasteiger partial charge on any atom is 0.321 e. The molecular weight excluding hydrogens is 1440 g/mol. The van der Waals surface area contributed by atoms with Crippen molar-refractivity contribution >= 4 is 47.0 Å². The highest BCUT2D eigenvalue weighted by Crippen LogP contribution is 2.40. The largest absolute Gasteiger partial charge is 0.481 e. The van der Waals surface area contributed by atoms with Gasteiger partial charge >= 0.3 is 11.9 Å².